The lowest BCUT2D eigenvalue weighted by atomic mass is 9.78. The van der Waals surface area contributed by atoms with Gasteiger partial charge in [-0.25, -0.2) is 0 Å². The maximum atomic E-state index is 6.06. The Labute approximate surface area is 337 Å². The van der Waals surface area contributed by atoms with E-state index in [0.29, 0.717) is 13.1 Å². The van der Waals surface area contributed by atoms with E-state index in [-0.39, 0.29) is 24.4 Å². The molecule has 2 fully saturated rings. The Kier molecular flexibility index (Phi) is 34.2. The van der Waals surface area contributed by atoms with Gasteiger partial charge in [0.2, 0.25) is 0 Å². The lowest BCUT2D eigenvalue weighted by molar-refractivity contribution is -0.0127. The van der Waals surface area contributed by atoms with Crippen LogP contribution in [-0.4, -0.2) is 63.9 Å². The first-order valence-corrected chi connectivity index (χ1v) is 24.6. The first-order valence-electron chi connectivity index (χ1n) is 24.6. The Balaban J connectivity index is 1.74. The summed E-state index contributed by atoms with van der Waals surface area (Å²) in [5.74, 6) is 1.84. The Morgan fingerprint density at radius 2 is 0.667 bits per heavy atom. The molecule has 0 spiro atoms. The van der Waals surface area contributed by atoms with E-state index >= 15 is 0 Å². The van der Waals surface area contributed by atoms with Crippen molar-refractivity contribution >= 4 is 0 Å². The summed E-state index contributed by atoms with van der Waals surface area (Å²) in [6, 6.07) is 0. The van der Waals surface area contributed by atoms with Gasteiger partial charge in [-0.2, -0.15) is 0 Å². The van der Waals surface area contributed by atoms with Crippen molar-refractivity contribution in [1.82, 2.24) is 0 Å². The molecule has 2 aliphatic rings. The minimum Gasteiger partial charge on any atom is -0.379 e. The molecule has 2 saturated heterocycles. The number of hydrogen-bond acceptors (Lipinski definition) is 6. The molecule has 322 valence electrons. The van der Waals surface area contributed by atoms with E-state index in [2.05, 4.69) is 13.8 Å². The number of nitrogens with two attached hydrogens (primary N) is 2. The zero-order valence-corrected chi connectivity index (χ0v) is 36.5. The fourth-order valence-corrected chi connectivity index (χ4v) is 9.18. The van der Waals surface area contributed by atoms with E-state index in [0.717, 1.165) is 63.9 Å². The molecule has 6 atom stereocenters. The molecule has 2 rings (SSSR count). The predicted octanol–water partition coefficient (Wildman–Crippen LogP) is 13.0. The highest BCUT2D eigenvalue weighted by atomic mass is 16.5. The van der Waals surface area contributed by atoms with Gasteiger partial charge in [-0.3, -0.25) is 0 Å². The molecule has 0 amide bonds. The van der Waals surface area contributed by atoms with Crippen LogP contribution in [0.1, 0.15) is 232 Å². The van der Waals surface area contributed by atoms with Gasteiger partial charge in [0, 0.05) is 26.3 Å². The molecule has 6 nitrogen and oxygen atoms in total. The van der Waals surface area contributed by atoms with E-state index in [1.54, 1.807) is 0 Å². The molecule has 0 aliphatic carbocycles. The first-order chi connectivity index (χ1) is 26.7. The number of rotatable bonds is 41. The maximum Gasteiger partial charge on any atom is 0.0813 e. The van der Waals surface area contributed by atoms with E-state index < -0.39 is 0 Å². The Morgan fingerprint density at radius 1 is 0.389 bits per heavy atom. The van der Waals surface area contributed by atoms with Gasteiger partial charge in [-0.1, -0.05) is 194 Å². The minimum atomic E-state index is 0.248. The molecule has 54 heavy (non-hydrogen) atoms. The zero-order chi connectivity index (χ0) is 38.6. The number of hydrogen-bond donors (Lipinski definition) is 2. The average molecular weight is 765 g/mol. The summed E-state index contributed by atoms with van der Waals surface area (Å²) in [6.45, 7) is 9.18. The topological polar surface area (TPSA) is 89.0 Å². The molecular weight excluding hydrogens is 669 g/mol. The van der Waals surface area contributed by atoms with Crippen molar-refractivity contribution < 1.29 is 18.9 Å². The Hall–Kier alpha value is -0.240. The third-order valence-electron chi connectivity index (χ3n) is 12.8. The van der Waals surface area contributed by atoms with Gasteiger partial charge in [0.25, 0.3) is 0 Å². The molecule has 2 heterocycles. The van der Waals surface area contributed by atoms with Crippen LogP contribution in [-0.2, 0) is 18.9 Å². The quantitative estimate of drug-likeness (QED) is 0.0603. The predicted molar refractivity (Wildman–Crippen MR) is 232 cm³/mol. The molecule has 0 radical (unpaired) electrons. The van der Waals surface area contributed by atoms with Crippen LogP contribution in [0.2, 0.25) is 0 Å². The van der Waals surface area contributed by atoms with Crippen LogP contribution in [0.15, 0.2) is 0 Å². The molecule has 0 aromatic carbocycles. The molecule has 0 saturated carbocycles. The third-order valence-corrected chi connectivity index (χ3v) is 12.8. The van der Waals surface area contributed by atoms with Crippen LogP contribution in [0.3, 0.4) is 0 Å². The highest BCUT2D eigenvalue weighted by molar-refractivity contribution is 4.75. The van der Waals surface area contributed by atoms with Crippen LogP contribution in [0.25, 0.3) is 0 Å². The Morgan fingerprint density at radius 3 is 0.981 bits per heavy atom. The van der Waals surface area contributed by atoms with Gasteiger partial charge >= 0.3 is 0 Å². The third kappa shape index (κ3) is 27.4. The lowest BCUT2D eigenvalue weighted by Gasteiger charge is -2.28. The molecule has 4 N–H and O–H groups in total. The van der Waals surface area contributed by atoms with Crippen LogP contribution in [0.5, 0.6) is 0 Å². The number of ether oxygens (including phenoxy) is 4. The van der Waals surface area contributed by atoms with E-state index in [1.165, 1.54) is 193 Å². The summed E-state index contributed by atoms with van der Waals surface area (Å²) in [5.41, 5.74) is 11.5. The monoisotopic (exact) mass is 765 g/mol. The minimum absolute atomic E-state index is 0.248. The van der Waals surface area contributed by atoms with Crippen LogP contribution >= 0.6 is 0 Å². The summed E-state index contributed by atoms with van der Waals surface area (Å²) in [7, 11) is 0. The second-order valence-electron chi connectivity index (χ2n) is 17.7. The molecule has 2 unspecified atom stereocenters. The van der Waals surface area contributed by atoms with Gasteiger partial charge in [-0.15, -0.1) is 0 Å². The summed E-state index contributed by atoms with van der Waals surface area (Å²) < 4.78 is 23.9. The highest BCUT2D eigenvalue weighted by Gasteiger charge is 2.25. The summed E-state index contributed by atoms with van der Waals surface area (Å²) >= 11 is 0. The van der Waals surface area contributed by atoms with Gasteiger partial charge in [0.1, 0.15) is 0 Å². The highest BCUT2D eigenvalue weighted by Crippen LogP contribution is 2.34. The van der Waals surface area contributed by atoms with Gasteiger partial charge < -0.3 is 30.4 Å². The summed E-state index contributed by atoms with van der Waals surface area (Å²) in [5, 5.41) is 0. The largest absolute Gasteiger partial charge is 0.379 e. The summed E-state index contributed by atoms with van der Waals surface area (Å²) in [6.07, 6.45) is 47.5. The van der Waals surface area contributed by atoms with Crippen molar-refractivity contribution in [2.75, 3.05) is 39.5 Å². The SMILES string of the molecule is CCCCCCCCCCCCC(CCCCCOC[C@@H]1CC[C@@H](CN)O1)C(CCCCCCCCC)CCCCCCCCOC[C@H]1CC[C@@H](CN)O1. The van der Waals surface area contributed by atoms with Crippen molar-refractivity contribution in [2.45, 2.75) is 257 Å². The number of unbranched alkanes of at least 4 members (excludes halogenated alkanes) is 22. The van der Waals surface area contributed by atoms with Crippen LogP contribution < -0.4 is 11.5 Å². The maximum absolute atomic E-state index is 6.06. The van der Waals surface area contributed by atoms with Crippen LogP contribution in [0, 0.1) is 11.8 Å². The van der Waals surface area contributed by atoms with Crippen molar-refractivity contribution in [3.05, 3.63) is 0 Å². The van der Waals surface area contributed by atoms with Gasteiger partial charge in [0.15, 0.2) is 0 Å². The standard InChI is InChI=1S/C48H96N2O4/c1-3-5-7-9-11-12-13-15-19-24-31-44(32-26-22-28-38-52-42-48-36-34-46(40-50)54-48)43(29-23-18-14-10-8-6-4-2)30-25-20-16-17-21-27-37-51-41-47-35-33-45(39-49)53-47/h43-48H,3-42,49-50H2,1-2H3/t43?,44?,45-,46-,47+,48-/m0/s1. The van der Waals surface area contributed by atoms with Crippen LogP contribution in [0.4, 0.5) is 0 Å². The Bertz CT molecular complexity index is 771. The smallest absolute Gasteiger partial charge is 0.0813 e. The normalized spacial score (nSPS) is 21.3. The molecule has 2 aliphatic heterocycles. The van der Waals surface area contributed by atoms with Crippen molar-refractivity contribution in [3.63, 3.8) is 0 Å². The molecule has 0 bridgehead atoms. The van der Waals surface area contributed by atoms with E-state index in [1.807, 2.05) is 0 Å². The fraction of sp³-hybridized carbons (Fsp3) is 1.00. The van der Waals surface area contributed by atoms with Gasteiger partial charge in [-0.05, 0) is 50.4 Å². The second-order valence-corrected chi connectivity index (χ2v) is 17.7. The fourth-order valence-electron chi connectivity index (χ4n) is 9.18. The molecule has 6 heteroatoms. The van der Waals surface area contributed by atoms with E-state index in [9.17, 15) is 0 Å². The molecule has 0 aromatic heterocycles. The second kappa shape index (κ2) is 37.1. The zero-order valence-electron chi connectivity index (χ0n) is 36.5. The van der Waals surface area contributed by atoms with Gasteiger partial charge in [0.05, 0.1) is 37.6 Å². The summed E-state index contributed by atoms with van der Waals surface area (Å²) in [4.78, 5) is 0. The molecule has 0 aromatic rings. The van der Waals surface area contributed by atoms with Crippen molar-refractivity contribution in [1.29, 1.82) is 0 Å². The van der Waals surface area contributed by atoms with E-state index in [4.69, 9.17) is 30.4 Å². The van der Waals surface area contributed by atoms with Crippen molar-refractivity contribution in [2.24, 2.45) is 23.3 Å². The first kappa shape index (κ1) is 49.9. The lowest BCUT2D eigenvalue weighted by Crippen LogP contribution is -2.22. The molecular formula is C48H96N2O4. The van der Waals surface area contributed by atoms with Crippen molar-refractivity contribution in [3.8, 4) is 0 Å². The average Bonchev–Trinajstić information content (AvgIpc) is 3.86.